The molecule has 4 rings (SSSR count). The van der Waals surface area contributed by atoms with Gasteiger partial charge in [0.25, 0.3) is 0 Å². The van der Waals surface area contributed by atoms with E-state index in [1.807, 2.05) is 0 Å². The second kappa shape index (κ2) is 9.31. The van der Waals surface area contributed by atoms with Gasteiger partial charge in [-0.25, -0.2) is 8.78 Å². The highest BCUT2D eigenvalue weighted by Gasteiger charge is 2.39. The zero-order valence-electron chi connectivity index (χ0n) is 17.9. The first-order valence-electron chi connectivity index (χ1n) is 10.5. The Kier molecular flexibility index (Phi) is 6.47. The van der Waals surface area contributed by atoms with Gasteiger partial charge in [-0.05, 0) is 19.1 Å². The number of ketones is 1. The lowest BCUT2D eigenvalue weighted by Crippen LogP contribution is -2.46. The van der Waals surface area contributed by atoms with Crippen LogP contribution < -0.4 is 5.32 Å². The molecule has 1 aliphatic rings. The minimum absolute atomic E-state index is 0.0629. The number of carbonyl (C=O) groups is 3. The van der Waals surface area contributed by atoms with Crippen LogP contribution in [0.5, 0.6) is 0 Å². The van der Waals surface area contributed by atoms with Crippen LogP contribution in [-0.4, -0.2) is 45.8 Å². The maximum atomic E-state index is 14.2. The van der Waals surface area contributed by atoms with Crippen molar-refractivity contribution in [2.24, 2.45) is 0 Å². The summed E-state index contributed by atoms with van der Waals surface area (Å²) in [4.78, 5) is 39.0. The van der Waals surface area contributed by atoms with Crippen LogP contribution in [0.3, 0.4) is 0 Å². The molecule has 0 radical (unpaired) electrons. The van der Waals surface area contributed by atoms with Crippen molar-refractivity contribution in [3.63, 3.8) is 0 Å². The zero-order valence-corrected chi connectivity index (χ0v) is 18.6. The van der Waals surface area contributed by atoms with Gasteiger partial charge in [0.2, 0.25) is 11.8 Å². The molecule has 0 bridgehead atoms. The molecule has 2 aromatic carbocycles. The minimum Gasteiger partial charge on any atom is -0.350 e. The number of alkyl halides is 1. The molecule has 0 spiro atoms. The molecule has 9 heteroatoms. The van der Waals surface area contributed by atoms with E-state index >= 15 is 0 Å². The van der Waals surface area contributed by atoms with Crippen LogP contribution in [0, 0.1) is 5.82 Å². The number of hydrogen-bond acceptors (Lipinski definition) is 3. The summed E-state index contributed by atoms with van der Waals surface area (Å²) in [6, 6.07) is 10.6. The molecule has 1 N–H and O–H groups in total. The van der Waals surface area contributed by atoms with E-state index in [2.05, 4.69) is 5.32 Å². The van der Waals surface area contributed by atoms with E-state index < -0.39 is 29.8 Å². The Bertz CT molecular complexity index is 1240. The van der Waals surface area contributed by atoms with Gasteiger partial charge < -0.3 is 14.8 Å². The van der Waals surface area contributed by atoms with Crippen LogP contribution in [0.1, 0.15) is 29.3 Å². The zero-order chi connectivity index (χ0) is 23.7. The topological polar surface area (TPSA) is 71.4 Å². The predicted octanol–water partition coefficient (Wildman–Crippen LogP) is 3.89. The number of likely N-dealkylation sites (tertiary alicyclic amines) is 1. The van der Waals surface area contributed by atoms with Crippen LogP contribution in [0.2, 0.25) is 5.02 Å². The number of carbonyl (C=O) groups excluding carboxylic acids is 3. The van der Waals surface area contributed by atoms with Crippen molar-refractivity contribution in [3.8, 4) is 0 Å². The van der Waals surface area contributed by atoms with Gasteiger partial charge in [-0.3, -0.25) is 14.4 Å². The van der Waals surface area contributed by atoms with E-state index in [1.54, 1.807) is 41.1 Å². The quantitative estimate of drug-likeness (QED) is 0.552. The first-order chi connectivity index (χ1) is 15.8. The van der Waals surface area contributed by atoms with Crippen molar-refractivity contribution < 1.29 is 23.2 Å². The molecule has 2 heterocycles. The molecule has 1 fully saturated rings. The summed E-state index contributed by atoms with van der Waals surface area (Å²) < 4.78 is 29.9. The Hall–Kier alpha value is -3.26. The maximum absolute atomic E-state index is 14.2. The molecule has 2 atom stereocenters. The average Bonchev–Trinajstić information content (AvgIpc) is 3.36. The van der Waals surface area contributed by atoms with Crippen molar-refractivity contribution in [2.45, 2.75) is 38.6 Å². The minimum atomic E-state index is -1.35. The number of para-hydroxylation sites is 1. The first kappa shape index (κ1) is 22.9. The van der Waals surface area contributed by atoms with Crippen LogP contribution in [-0.2, 0) is 22.7 Å². The van der Waals surface area contributed by atoms with Gasteiger partial charge in [-0.15, -0.1) is 0 Å². The molecule has 2 amide bonds. The fourth-order valence-electron chi connectivity index (χ4n) is 4.19. The summed E-state index contributed by atoms with van der Waals surface area (Å²) in [5, 5.41) is 3.24. The summed E-state index contributed by atoms with van der Waals surface area (Å²) in [5.41, 5.74) is 1.38. The number of nitrogens with zero attached hydrogens (tertiary/aromatic N) is 2. The van der Waals surface area contributed by atoms with Crippen molar-refractivity contribution in [3.05, 3.63) is 70.6 Å². The van der Waals surface area contributed by atoms with Gasteiger partial charge in [-0.1, -0.05) is 41.9 Å². The molecule has 172 valence electrons. The summed E-state index contributed by atoms with van der Waals surface area (Å²) in [7, 11) is 0. The Morgan fingerprint density at radius 2 is 1.91 bits per heavy atom. The van der Waals surface area contributed by atoms with Gasteiger partial charge in [-0.2, -0.15) is 0 Å². The fraction of sp³-hybridized carbons (Fsp3) is 0.292. The smallest absolute Gasteiger partial charge is 0.243 e. The number of aromatic nitrogens is 1. The van der Waals surface area contributed by atoms with E-state index in [-0.39, 0.29) is 42.4 Å². The Balaban J connectivity index is 1.50. The van der Waals surface area contributed by atoms with E-state index in [0.29, 0.717) is 11.1 Å². The predicted molar refractivity (Wildman–Crippen MR) is 120 cm³/mol. The summed E-state index contributed by atoms with van der Waals surface area (Å²) >= 11 is 5.77. The lowest BCUT2D eigenvalue weighted by Gasteiger charge is -2.24. The van der Waals surface area contributed by atoms with Crippen molar-refractivity contribution in [2.75, 3.05) is 6.54 Å². The Morgan fingerprint density at radius 3 is 2.67 bits per heavy atom. The number of Topliss-reactive ketones (excluding diaryl/α,β-unsaturated/α-hetero) is 1. The number of rotatable bonds is 6. The molecule has 0 saturated carbocycles. The highest BCUT2D eigenvalue weighted by molar-refractivity contribution is 6.30. The third kappa shape index (κ3) is 4.61. The Labute approximate surface area is 194 Å². The van der Waals surface area contributed by atoms with Crippen molar-refractivity contribution >= 4 is 40.1 Å². The molecule has 0 aliphatic carbocycles. The third-order valence-corrected chi connectivity index (χ3v) is 6.12. The summed E-state index contributed by atoms with van der Waals surface area (Å²) in [5.74, 6) is -1.78. The molecular formula is C24H22ClF2N3O3. The fourth-order valence-corrected chi connectivity index (χ4v) is 4.38. The number of fused-ring (bicyclic) bond motifs is 1. The number of nitrogens with one attached hydrogen (secondary N) is 1. The molecule has 33 heavy (non-hydrogen) atoms. The molecule has 3 aromatic rings. The summed E-state index contributed by atoms with van der Waals surface area (Å²) in [6.07, 6.45) is 0.118. The molecule has 1 aromatic heterocycles. The van der Waals surface area contributed by atoms with E-state index in [4.69, 9.17) is 11.6 Å². The van der Waals surface area contributed by atoms with Crippen LogP contribution in [0.25, 0.3) is 10.9 Å². The van der Waals surface area contributed by atoms with Gasteiger partial charge >= 0.3 is 0 Å². The van der Waals surface area contributed by atoms with Crippen LogP contribution in [0.15, 0.2) is 48.7 Å². The number of hydrogen-bond donors (Lipinski definition) is 1. The monoisotopic (exact) mass is 473 g/mol. The normalized spacial score (nSPS) is 18.0. The second-order valence-corrected chi connectivity index (χ2v) is 8.48. The third-order valence-electron chi connectivity index (χ3n) is 5.83. The van der Waals surface area contributed by atoms with Gasteiger partial charge in [0.05, 0.1) is 11.6 Å². The first-order valence-corrected chi connectivity index (χ1v) is 10.9. The van der Waals surface area contributed by atoms with E-state index in [1.165, 1.54) is 24.0 Å². The largest absolute Gasteiger partial charge is 0.350 e. The number of benzene rings is 2. The number of halogens is 3. The summed E-state index contributed by atoms with van der Waals surface area (Å²) in [6.45, 7) is 0.963. The van der Waals surface area contributed by atoms with Crippen LogP contribution >= 0.6 is 11.6 Å². The lowest BCUT2D eigenvalue weighted by molar-refractivity contribution is -0.139. The highest BCUT2D eigenvalue weighted by atomic mass is 35.5. The molecular weight excluding hydrogens is 452 g/mol. The average molecular weight is 474 g/mol. The molecule has 6 nitrogen and oxygen atoms in total. The Morgan fingerprint density at radius 1 is 1.15 bits per heavy atom. The van der Waals surface area contributed by atoms with Gasteiger partial charge in [0.1, 0.15) is 24.6 Å². The van der Waals surface area contributed by atoms with Crippen molar-refractivity contribution in [1.82, 2.24) is 14.8 Å². The van der Waals surface area contributed by atoms with Crippen LogP contribution in [0.4, 0.5) is 8.78 Å². The number of amides is 2. The lowest BCUT2D eigenvalue weighted by atomic mass is 10.1. The molecule has 1 aliphatic heterocycles. The maximum Gasteiger partial charge on any atom is 0.243 e. The molecule has 0 unspecified atom stereocenters. The van der Waals surface area contributed by atoms with Gasteiger partial charge in [0, 0.05) is 41.2 Å². The van der Waals surface area contributed by atoms with E-state index in [0.717, 1.165) is 5.39 Å². The standard InChI is InChI=1S/C24H22ClF2N3O3/c1-14(31)18-12-29(20-8-3-2-6-17(18)20)13-22(32)30-11-16(26)9-21(30)24(33)28-10-15-5-4-7-19(25)23(15)27/h2-8,12,16,21H,9-11,13H2,1H3,(H,28,33)/t16-,21+/m1/s1. The van der Waals surface area contributed by atoms with Gasteiger partial charge in [0.15, 0.2) is 5.78 Å². The SMILES string of the molecule is CC(=O)c1cn(CC(=O)N2C[C@H](F)C[C@H]2C(=O)NCc2cccc(Cl)c2F)c2ccccc12. The van der Waals surface area contributed by atoms with Crippen molar-refractivity contribution in [1.29, 1.82) is 0 Å². The molecule has 1 saturated heterocycles. The second-order valence-electron chi connectivity index (χ2n) is 8.07. The van der Waals surface area contributed by atoms with E-state index in [9.17, 15) is 23.2 Å². The highest BCUT2D eigenvalue weighted by Crippen LogP contribution is 2.25.